The minimum absolute atomic E-state index is 0.0371. The van der Waals surface area contributed by atoms with Gasteiger partial charge in [0.2, 0.25) is 11.8 Å². The van der Waals surface area contributed by atoms with Crippen LogP contribution < -0.4 is 5.32 Å². The normalized spacial score (nSPS) is 15.4. The molecule has 0 fully saturated rings. The minimum atomic E-state index is -4.12. The molecule has 0 aromatic heterocycles. The van der Waals surface area contributed by atoms with E-state index >= 15 is 0 Å². The van der Waals surface area contributed by atoms with Crippen molar-refractivity contribution >= 4 is 27.7 Å². The first kappa shape index (κ1) is 21.5. The number of likely N-dealkylation sites (N-methyl/N-ethyl adjacent to an activating group) is 1. The van der Waals surface area contributed by atoms with Crippen molar-refractivity contribution in [3.8, 4) is 0 Å². The molecule has 8 nitrogen and oxygen atoms in total. The maximum atomic E-state index is 13.1. The van der Waals surface area contributed by atoms with Gasteiger partial charge in [0, 0.05) is 13.6 Å². The van der Waals surface area contributed by atoms with Crippen LogP contribution in [0.5, 0.6) is 0 Å². The van der Waals surface area contributed by atoms with Crippen molar-refractivity contribution < 1.29 is 22.8 Å². The number of hydrogen-bond acceptors (Lipinski definition) is 5. The van der Waals surface area contributed by atoms with Crippen LogP contribution in [0.25, 0.3) is 0 Å². The van der Waals surface area contributed by atoms with Gasteiger partial charge in [0.25, 0.3) is 15.9 Å². The van der Waals surface area contributed by atoms with E-state index in [-0.39, 0.29) is 17.0 Å². The molecule has 158 valence electrons. The van der Waals surface area contributed by atoms with E-state index in [4.69, 9.17) is 0 Å². The Kier molecular flexibility index (Phi) is 5.93. The highest BCUT2D eigenvalue weighted by atomic mass is 32.2. The van der Waals surface area contributed by atoms with Gasteiger partial charge in [-0.05, 0) is 37.1 Å². The molecular weight excluding hydrogens is 406 g/mol. The van der Waals surface area contributed by atoms with Gasteiger partial charge in [-0.15, -0.1) is 0 Å². The van der Waals surface area contributed by atoms with Gasteiger partial charge in [-0.2, -0.15) is 0 Å². The van der Waals surface area contributed by atoms with E-state index in [9.17, 15) is 22.8 Å². The van der Waals surface area contributed by atoms with Crippen molar-refractivity contribution in [1.82, 2.24) is 14.5 Å². The number of sulfonamides is 1. The standard InChI is InChI=1S/C21H23N3O5S/c1-14-8-4-5-9-16(14)12-23(15(2)20(26)22-3)19(25)13-24-21(27)17-10-6-7-11-18(17)30(24,28)29/h4-11,15H,12-13H2,1-3H3,(H,22,26). The smallest absolute Gasteiger partial charge is 0.269 e. The molecular formula is C21H23N3O5S. The molecule has 0 spiro atoms. The first-order chi connectivity index (χ1) is 14.2. The number of fused-ring (bicyclic) bond motifs is 1. The molecule has 3 rings (SSSR count). The SMILES string of the molecule is CNC(=O)C(C)N(Cc1ccccc1C)C(=O)CN1C(=O)c2ccccc2S1(=O)=O. The predicted molar refractivity (Wildman–Crippen MR) is 110 cm³/mol. The summed E-state index contributed by atoms with van der Waals surface area (Å²) in [6.07, 6.45) is 0. The van der Waals surface area contributed by atoms with Crippen molar-refractivity contribution in [3.05, 3.63) is 65.2 Å². The lowest BCUT2D eigenvalue weighted by Gasteiger charge is -2.30. The van der Waals surface area contributed by atoms with Gasteiger partial charge in [0.15, 0.2) is 0 Å². The Morgan fingerprint density at radius 2 is 1.73 bits per heavy atom. The van der Waals surface area contributed by atoms with Crippen molar-refractivity contribution in [2.45, 2.75) is 31.3 Å². The first-order valence-electron chi connectivity index (χ1n) is 9.40. The van der Waals surface area contributed by atoms with E-state index in [1.807, 2.05) is 31.2 Å². The van der Waals surface area contributed by atoms with Gasteiger partial charge >= 0.3 is 0 Å². The van der Waals surface area contributed by atoms with E-state index < -0.39 is 40.3 Å². The van der Waals surface area contributed by atoms with Crippen molar-refractivity contribution in [2.24, 2.45) is 0 Å². The second-order valence-electron chi connectivity index (χ2n) is 7.05. The fourth-order valence-electron chi connectivity index (χ4n) is 3.36. The Morgan fingerprint density at radius 3 is 2.37 bits per heavy atom. The monoisotopic (exact) mass is 429 g/mol. The number of carbonyl (C=O) groups is 3. The van der Waals surface area contributed by atoms with E-state index in [2.05, 4.69) is 5.32 Å². The summed E-state index contributed by atoms with van der Waals surface area (Å²) in [6, 6.07) is 12.4. The third-order valence-corrected chi connectivity index (χ3v) is 6.99. The third kappa shape index (κ3) is 3.80. The van der Waals surface area contributed by atoms with Crippen LogP contribution in [0.3, 0.4) is 0 Å². The molecule has 1 heterocycles. The fourth-order valence-corrected chi connectivity index (χ4v) is 4.88. The summed E-state index contributed by atoms with van der Waals surface area (Å²) in [5, 5.41) is 2.50. The quantitative estimate of drug-likeness (QED) is 0.746. The number of nitrogens with zero attached hydrogens (tertiary/aromatic N) is 2. The molecule has 0 bridgehead atoms. The molecule has 1 atom stereocenters. The molecule has 2 aromatic rings. The van der Waals surface area contributed by atoms with E-state index in [1.165, 1.54) is 30.1 Å². The van der Waals surface area contributed by atoms with Crippen LogP contribution in [0.1, 0.15) is 28.4 Å². The maximum absolute atomic E-state index is 13.1. The number of benzene rings is 2. The Labute approximate surface area is 175 Å². The first-order valence-corrected chi connectivity index (χ1v) is 10.8. The van der Waals surface area contributed by atoms with E-state index in [0.29, 0.717) is 4.31 Å². The fraction of sp³-hybridized carbons (Fsp3) is 0.286. The Hall–Kier alpha value is -3.20. The topological polar surface area (TPSA) is 104 Å². The maximum Gasteiger partial charge on any atom is 0.269 e. The Balaban J connectivity index is 1.91. The molecule has 2 aromatic carbocycles. The number of aryl methyl sites for hydroxylation is 1. The summed E-state index contributed by atoms with van der Waals surface area (Å²) in [5.74, 6) is -1.78. The lowest BCUT2D eigenvalue weighted by atomic mass is 10.1. The van der Waals surface area contributed by atoms with Gasteiger partial charge in [-0.25, -0.2) is 12.7 Å². The lowest BCUT2D eigenvalue weighted by Crippen LogP contribution is -2.50. The summed E-state index contributed by atoms with van der Waals surface area (Å²) in [6.45, 7) is 2.87. The van der Waals surface area contributed by atoms with Gasteiger partial charge < -0.3 is 10.2 Å². The Morgan fingerprint density at radius 1 is 1.10 bits per heavy atom. The highest BCUT2D eigenvalue weighted by Crippen LogP contribution is 2.30. The van der Waals surface area contributed by atoms with Crippen LogP contribution in [0.15, 0.2) is 53.4 Å². The van der Waals surface area contributed by atoms with E-state index in [1.54, 1.807) is 13.0 Å². The van der Waals surface area contributed by atoms with Crippen LogP contribution in [-0.2, 0) is 26.2 Å². The zero-order chi connectivity index (χ0) is 22.1. The second-order valence-corrected chi connectivity index (χ2v) is 8.88. The Bertz CT molecular complexity index is 1110. The van der Waals surface area contributed by atoms with Crippen LogP contribution in [0, 0.1) is 6.92 Å². The van der Waals surface area contributed by atoms with E-state index in [0.717, 1.165) is 11.1 Å². The molecule has 1 aliphatic rings. The summed E-state index contributed by atoms with van der Waals surface area (Å²) in [4.78, 5) is 39.2. The van der Waals surface area contributed by atoms with Crippen molar-refractivity contribution in [1.29, 1.82) is 0 Å². The van der Waals surface area contributed by atoms with Gasteiger partial charge in [0.05, 0.1) is 5.56 Å². The average Bonchev–Trinajstić information content (AvgIpc) is 2.93. The van der Waals surface area contributed by atoms with Crippen molar-refractivity contribution in [3.63, 3.8) is 0 Å². The number of nitrogens with one attached hydrogen (secondary N) is 1. The summed E-state index contributed by atoms with van der Waals surface area (Å²) < 4.78 is 26.1. The molecule has 1 N–H and O–H groups in total. The molecule has 0 radical (unpaired) electrons. The van der Waals surface area contributed by atoms with Crippen LogP contribution in [0.2, 0.25) is 0 Å². The highest BCUT2D eigenvalue weighted by Gasteiger charge is 2.43. The number of amides is 3. The number of carbonyl (C=O) groups excluding carboxylic acids is 3. The van der Waals surface area contributed by atoms with Crippen molar-refractivity contribution in [2.75, 3.05) is 13.6 Å². The molecule has 1 unspecified atom stereocenters. The number of rotatable bonds is 6. The number of hydrogen-bond donors (Lipinski definition) is 1. The molecule has 3 amide bonds. The molecule has 9 heteroatoms. The highest BCUT2D eigenvalue weighted by molar-refractivity contribution is 7.90. The summed E-state index contributed by atoms with van der Waals surface area (Å²) in [5.41, 5.74) is 1.78. The molecule has 30 heavy (non-hydrogen) atoms. The van der Waals surface area contributed by atoms with Gasteiger partial charge in [0.1, 0.15) is 17.5 Å². The molecule has 1 aliphatic heterocycles. The third-order valence-electron chi connectivity index (χ3n) is 5.21. The largest absolute Gasteiger partial charge is 0.357 e. The summed E-state index contributed by atoms with van der Waals surface area (Å²) >= 11 is 0. The molecule has 0 saturated heterocycles. The lowest BCUT2D eigenvalue weighted by molar-refractivity contribution is -0.140. The zero-order valence-electron chi connectivity index (χ0n) is 17.0. The van der Waals surface area contributed by atoms with Gasteiger partial charge in [-0.1, -0.05) is 36.4 Å². The van der Waals surface area contributed by atoms with Crippen LogP contribution >= 0.6 is 0 Å². The molecule has 0 saturated carbocycles. The minimum Gasteiger partial charge on any atom is -0.357 e. The zero-order valence-corrected chi connectivity index (χ0v) is 17.8. The molecule has 0 aliphatic carbocycles. The van der Waals surface area contributed by atoms with Crippen LogP contribution in [0.4, 0.5) is 0 Å². The summed E-state index contributed by atoms with van der Waals surface area (Å²) in [7, 11) is -2.66. The predicted octanol–water partition coefficient (Wildman–Crippen LogP) is 1.30. The second kappa shape index (κ2) is 8.27. The average molecular weight is 429 g/mol. The van der Waals surface area contributed by atoms with Gasteiger partial charge in [-0.3, -0.25) is 14.4 Å². The van der Waals surface area contributed by atoms with Crippen LogP contribution in [-0.4, -0.2) is 55.0 Å².